The molecular formula is C31H32F3N5O4S. The molecule has 0 unspecified atom stereocenters. The zero-order valence-corrected chi connectivity index (χ0v) is 24.8. The molecule has 2 aromatic carbocycles. The van der Waals surface area contributed by atoms with Gasteiger partial charge in [0.15, 0.2) is 0 Å². The molecule has 2 amide bonds. The molecule has 9 nitrogen and oxygen atoms in total. The zero-order valence-electron chi connectivity index (χ0n) is 24.0. The van der Waals surface area contributed by atoms with Crippen LogP contribution >= 0.6 is 0 Å². The Morgan fingerprint density at radius 1 is 0.977 bits per heavy atom. The van der Waals surface area contributed by atoms with Crippen molar-refractivity contribution in [1.29, 1.82) is 0 Å². The van der Waals surface area contributed by atoms with Crippen LogP contribution in [0.3, 0.4) is 0 Å². The third-order valence-electron chi connectivity index (χ3n) is 9.00. The van der Waals surface area contributed by atoms with Gasteiger partial charge in [0.25, 0.3) is 0 Å². The molecule has 0 saturated carbocycles. The molecule has 13 heteroatoms. The molecule has 3 aliphatic heterocycles. The average molecular weight is 628 g/mol. The second kappa shape index (κ2) is 11.2. The molecular weight excluding hydrogens is 595 g/mol. The van der Waals surface area contributed by atoms with Crippen LogP contribution in [0.15, 0.2) is 65.7 Å². The number of rotatable bonds is 5. The van der Waals surface area contributed by atoms with E-state index in [0.717, 1.165) is 34.6 Å². The van der Waals surface area contributed by atoms with E-state index in [0.29, 0.717) is 44.6 Å². The second-order valence-corrected chi connectivity index (χ2v) is 13.5. The summed E-state index contributed by atoms with van der Waals surface area (Å²) in [6.07, 6.45) is -1.64. The Kier molecular flexibility index (Phi) is 7.65. The fraction of sp³-hybridized carbons (Fsp3) is 0.387. The van der Waals surface area contributed by atoms with Crippen molar-refractivity contribution in [3.05, 3.63) is 71.9 Å². The normalized spacial score (nSPS) is 19.1. The highest BCUT2D eigenvalue weighted by atomic mass is 32.2. The van der Waals surface area contributed by atoms with Crippen molar-refractivity contribution in [3.8, 4) is 11.1 Å². The third-order valence-corrected chi connectivity index (χ3v) is 10.9. The number of halogens is 3. The Bertz CT molecular complexity index is 1680. The van der Waals surface area contributed by atoms with E-state index >= 15 is 0 Å². The molecule has 3 aromatic rings. The van der Waals surface area contributed by atoms with Gasteiger partial charge in [0.05, 0.1) is 15.9 Å². The summed E-state index contributed by atoms with van der Waals surface area (Å²) >= 11 is 0. The first-order chi connectivity index (χ1) is 20.9. The summed E-state index contributed by atoms with van der Waals surface area (Å²) in [6, 6.07) is 14.6. The number of piperidine rings is 2. The molecule has 4 heterocycles. The van der Waals surface area contributed by atoms with E-state index in [1.54, 1.807) is 29.2 Å². The first-order valence-electron chi connectivity index (χ1n) is 14.5. The number of hydrogen-bond donors (Lipinski definition) is 2. The predicted octanol–water partition coefficient (Wildman–Crippen LogP) is 4.86. The number of benzene rings is 2. The fourth-order valence-electron chi connectivity index (χ4n) is 6.36. The highest BCUT2D eigenvalue weighted by Gasteiger charge is 2.48. The van der Waals surface area contributed by atoms with Gasteiger partial charge in [-0.05, 0) is 78.8 Å². The molecule has 2 fully saturated rings. The van der Waals surface area contributed by atoms with Gasteiger partial charge >= 0.3 is 6.18 Å². The number of pyridine rings is 1. The average Bonchev–Trinajstić information content (AvgIpc) is 3.27. The fourth-order valence-corrected chi connectivity index (χ4v) is 7.83. The van der Waals surface area contributed by atoms with Crippen LogP contribution < -0.4 is 10.6 Å². The lowest BCUT2D eigenvalue weighted by Crippen LogP contribution is -2.47. The maximum Gasteiger partial charge on any atom is 0.417 e. The number of likely N-dealkylation sites (tertiary alicyclic amines) is 1. The monoisotopic (exact) mass is 627 g/mol. The van der Waals surface area contributed by atoms with Gasteiger partial charge in [0.1, 0.15) is 5.82 Å². The number of anilines is 2. The quantitative estimate of drug-likeness (QED) is 0.418. The highest BCUT2D eigenvalue weighted by molar-refractivity contribution is 7.89. The number of sulfonamides is 1. The molecule has 2 saturated heterocycles. The second-order valence-electron chi connectivity index (χ2n) is 11.6. The summed E-state index contributed by atoms with van der Waals surface area (Å²) in [7, 11) is -3.75. The third kappa shape index (κ3) is 5.54. The molecule has 232 valence electrons. The minimum absolute atomic E-state index is 0.00115. The lowest BCUT2D eigenvalue weighted by Gasteiger charge is -2.37. The largest absolute Gasteiger partial charge is 0.417 e. The SMILES string of the molecule is CC(=O)N1CCC2(CC1)C(=O)Nc1ccc(-c3ccc(S(=O)(=O)N4CCC(Nc5ccc(C(F)(F)F)cn5)CC4)cc3)cc12. The number of hydrogen-bond acceptors (Lipinski definition) is 6. The molecule has 0 atom stereocenters. The molecule has 3 aliphatic rings. The number of nitrogens with one attached hydrogen (secondary N) is 2. The van der Waals surface area contributed by atoms with E-state index in [9.17, 15) is 31.2 Å². The van der Waals surface area contributed by atoms with E-state index in [-0.39, 0.29) is 35.8 Å². The number of nitrogens with zero attached hydrogens (tertiary/aromatic N) is 3. The Morgan fingerprint density at radius 3 is 2.23 bits per heavy atom. The molecule has 0 bridgehead atoms. The Hall–Kier alpha value is -3.97. The highest BCUT2D eigenvalue weighted by Crippen LogP contribution is 2.46. The van der Waals surface area contributed by atoms with Gasteiger partial charge in [-0.1, -0.05) is 18.2 Å². The van der Waals surface area contributed by atoms with Crippen LogP contribution in [0.4, 0.5) is 24.7 Å². The van der Waals surface area contributed by atoms with Gasteiger partial charge in [0, 0.05) is 51.0 Å². The van der Waals surface area contributed by atoms with Gasteiger partial charge < -0.3 is 15.5 Å². The maximum absolute atomic E-state index is 13.4. The number of amides is 2. The van der Waals surface area contributed by atoms with E-state index in [2.05, 4.69) is 15.6 Å². The van der Waals surface area contributed by atoms with E-state index < -0.39 is 27.2 Å². The van der Waals surface area contributed by atoms with Crippen LogP contribution in [0, 0.1) is 0 Å². The molecule has 44 heavy (non-hydrogen) atoms. The molecule has 6 rings (SSSR count). The van der Waals surface area contributed by atoms with Gasteiger partial charge in [-0.15, -0.1) is 0 Å². The standard InChI is InChI=1S/C31H32F3N5O4S/c1-20(40)38-16-12-30(13-17-38)26-18-22(4-8-27(26)37-29(30)41)21-2-6-25(7-3-21)44(42,43)39-14-10-24(11-15-39)36-28-9-5-23(19-35-28)31(32,33)34/h2-9,18-19,24H,10-17H2,1H3,(H,35,36)(H,37,41). The van der Waals surface area contributed by atoms with Crippen LogP contribution in [0.5, 0.6) is 0 Å². The van der Waals surface area contributed by atoms with Crippen LogP contribution in [-0.2, 0) is 31.2 Å². The Labute approximate surface area is 253 Å². The summed E-state index contributed by atoms with van der Waals surface area (Å²) in [4.78, 5) is 30.7. The molecule has 0 radical (unpaired) electrons. The van der Waals surface area contributed by atoms with Crippen molar-refractivity contribution in [2.24, 2.45) is 0 Å². The van der Waals surface area contributed by atoms with Crippen molar-refractivity contribution < 1.29 is 31.2 Å². The van der Waals surface area contributed by atoms with Crippen molar-refractivity contribution in [3.63, 3.8) is 0 Å². The number of carbonyl (C=O) groups excluding carboxylic acids is 2. The first kappa shape index (κ1) is 30.1. The van der Waals surface area contributed by atoms with Crippen molar-refractivity contribution in [1.82, 2.24) is 14.2 Å². The van der Waals surface area contributed by atoms with Gasteiger partial charge in [-0.2, -0.15) is 17.5 Å². The smallest absolute Gasteiger partial charge is 0.367 e. The van der Waals surface area contributed by atoms with Crippen molar-refractivity contribution >= 4 is 33.3 Å². The van der Waals surface area contributed by atoms with Crippen LogP contribution in [0.1, 0.15) is 43.7 Å². The van der Waals surface area contributed by atoms with Crippen LogP contribution in [-0.4, -0.2) is 66.6 Å². The number of carbonyl (C=O) groups is 2. The number of alkyl halides is 3. The van der Waals surface area contributed by atoms with Gasteiger partial charge in [0.2, 0.25) is 21.8 Å². The summed E-state index contributed by atoms with van der Waals surface area (Å²) in [6.45, 7) is 3.08. The Morgan fingerprint density at radius 2 is 1.64 bits per heavy atom. The van der Waals surface area contributed by atoms with Gasteiger partial charge in [-0.25, -0.2) is 13.4 Å². The summed E-state index contributed by atoms with van der Waals surface area (Å²) in [5.41, 5.74) is 1.83. The topological polar surface area (TPSA) is 112 Å². The minimum atomic E-state index is -4.46. The zero-order chi connectivity index (χ0) is 31.3. The lowest BCUT2D eigenvalue weighted by atomic mass is 9.73. The van der Waals surface area contributed by atoms with Crippen LogP contribution in [0.25, 0.3) is 11.1 Å². The summed E-state index contributed by atoms with van der Waals surface area (Å²) in [5, 5.41) is 6.10. The maximum atomic E-state index is 13.4. The van der Waals surface area contributed by atoms with Crippen LogP contribution in [0.2, 0.25) is 0 Å². The Balaban J connectivity index is 1.12. The minimum Gasteiger partial charge on any atom is -0.367 e. The number of fused-ring (bicyclic) bond motifs is 2. The van der Waals surface area contributed by atoms with E-state index in [1.165, 1.54) is 17.3 Å². The molecule has 0 aliphatic carbocycles. The first-order valence-corrected chi connectivity index (χ1v) is 15.9. The lowest BCUT2D eigenvalue weighted by molar-refractivity contribution is -0.137. The summed E-state index contributed by atoms with van der Waals surface area (Å²) in [5.74, 6) is 0.261. The molecule has 1 aromatic heterocycles. The predicted molar refractivity (Wildman–Crippen MR) is 158 cm³/mol. The van der Waals surface area contributed by atoms with Crippen molar-refractivity contribution in [2.45, 2.75) is 55.1 Å². The molecule has 2 N–H and O–H groups in total. The summed E-state index contributed by atoms with van der Waals surface area (Å²) < 4.78 is 66.6. The van der Waals surface area contributed by atoms with Gasteiger partial charge in [-0.3, -0.25) is 9.59 Å². The molecule has 1 spiro atoms. The van der Waals surface area contributed by atoms with E-state index in [4.69, 9.17) is 0 Å². The number of aromatic nitrogens is 1. The van der Waals surface area contributed by atoms with Crippen molar-refractivity contribution in [2.75, 3.05) is 36.8 Å². The van der Waals surface area contributed by atoms with E-state index in [1.807, 2.05) is 18.2 Å².